The molecule has 1 aromatic rings. The maximum Gasteiger partial charge on any atom is 0.335 e. The highest BCUT2D eigenvalue weighted by molar-refractivity contribution is 7.99. The number of carboxylic acids is 1. The molecule has 0 saturated carbocycles. The van der Waals surface area contributed by atoms with E-state index in [1.54, 1.807) is 11.8 Å². The predicted octanol–water partition coefficient (Wildman–Crippen LogP) is 2.46. The summed E-state index contributed by atoms with van der Waals surface area (Å²) >= 11 is 1.64. The first kappa shape index (κ1) is 14.3. The molecule has 0 heterocycles. The number of carboxylic acid groups (broad SMARTS) is 1. The van der Waals surface area contributed by atoms with E-state index in [1.165, 1.54) is 12.1 Å². The van der Waals surface area contributed by atoms with Crippen LogP contribution in [-0.2, 0) is 0 Å². The Labute approximate surface area is 109 Å². The molecule has 0 bridgehead atoms. The molecule has 7 heteroatoms. The number of nitro groups is 1. The van der Waals surface area contributed by atoms with Crippen LogP contribution in [0.2, 0.25) is 0 Å². The normalized spacial score (nSPS) is 11.9. The second kappa shape index (κ2) is 6.25. The van der Waals surface area contributed by atoms with E-state index >= 15 is 0 Å². The molecule has 0 aliphatic carbocycles. The van der Waals surface area contributed by atoms with Crippen molar-refractivity contribution in [1.29, 1.82) is 0 Å². The molecule has 0 saturated heterocycles. The maximum absolute atomic E-state index is 10.9. The second-order valence-corrected chi connectivity index (χ2v) is 5.00. The lowest BCUT2D eigenvalue weighted by Crippen LogP contribution is -2.14. The summed E-state index contributed by atoms with van der Waals surface area (Å²) in [6.45, 7) is 2.57. The number of nitrogens with one attached hydrogen (secondary N) is 1. The number of thioether (sulfide) groups is 1. The Hall–Kier alpha value is -1.76. The van der Waals surface area contributed by atoms with Crippen molar-refractivity contribution in [2.45, 2.75) is 12.2 Å². The van der Waals surface area contributed by atoms with E-state index in [9.17, 15) is 14.9 Å². The lowest BCUT2D eigenvalue weighted by molar-refractivity contribution is -0.384. The molecule has 0 aromatic heterocycles. The molecule has 1 rings (SSSR count). The van der Waals surface area contributed by atoms with E-state index in [0.29, 0.717) is 17.5 Å². The van der Waals surface area contributed by atoms with Gasteiger partial charge in [0.25, 0.3) is 5.69 Å². The average molecular weight is 270 g/mol. The van der Waals surface area contributed by atoms with Gasteiger partial charge in [-0.15, -0.1) is 0 Å². The molecular formula is C11H14N2O4S. The molecule has 98 valence electrons. The van der Waals surface area contributed by atoms with Crippen LogP contribution < -0.4 is 5.32 Å². The van der Waals surface area contributed by atoms with Crippen LogP contribution in [0.4, 0.5) is 11.4 Å². The van der Waals surface area contributed by atoms with Crippen molar-refractivity contribution in [3.63, 3.8) is 0 Å². The average Bonchev–Trinajstić information content (AvgIpc) is 2.35. The summed E-state index contributed by atoms with van der Waals surface area (Å²) in [5.74, 6) is -1.18. The van der Waals surface area contributed by atoms with Crippen LogP contribution in [0.25, 0.3) is 0 Å². The molecule has 0 aliphatic rings. The number of hydrogen-bond acceptors (Lipinski definition) is 5. The highest BCUT2D eigenvalue weighted by Crippen LogP contribution is 2.26. The fourth-order valence-electron chi connectivity index (χ4n) is 1.30. The number of nitrogens with zero attached hydrogens (tertiary/aromatic N) is 1. The molecule has 0 aliphatic heterocycles. The summed E-state index contributed by atoms with van der Waals surface area (Å²) in [6, 6.07) is 3.84. The Morgan fingerprint density at radius 1 is 1.61 bits per heavy atom. The van der Waals surface area contributed by atoms with Gasteiger partial charge in [-0.2, -0.15) is 11.8 Å². The van der Waals surface area contributed by atoms with E-state index in [4.69, 9.17) is 5.11 Å². The minimum atomic E-state index is -1.18. The van der Waals surface area contributed by atoms with Gasteiger partial charge in [-0.1, -0.05) is 6.92 Å². The molecule has 1 aromatic carbocycles. The largest absolute Gasteiger partial charge is 0.478 e. The molecule has 0 amide bonds. The van der Waals surface area contributed by atoms with E-state index in [2.05, 4.69) is 5.32 Å². The van der Waals surface area contributed by atoms with Crippen molar-refractivity contribution in [3.8, 4) is 0 Å². The monoisotopic (exact) mass is 270 g/mol. The summed E-state index contributed by atoms with van der Waals surface area (Å²) in [7, 11) is 0. The molecule has 1 atom stereocenters. The summed E-state index contributed by atoms with van der Waals surface area (Å²) in [6.07, 6.45) is 1.95. The zero-order chi connectivity index (χ0) is 13.7. The Bertz CT molecular complexity index is 464. The second-order valence-electron chi connectivity index (χ2n) is 3.72. The summed E-state index contributed by atoms with van der Waals surface area (Å²) in [5.41, 5.74) is 0.0271. The first-order valence-electron chi connectivity index (χ1n) is 5.24. The highest BCUT2D eigenvalue weighted by Gasteiger charge is 2.17. The number of hydrogen-bond donors (Lipinski definition) is 2. The van der Waals surface area contributed by atoms with Crippen molar-refractivity contribution >= 4 is 29.1 Å². The SMILES string of the molecule is CSC(C)CNc1ccc(C(=O)O)cc1[N+](=O)[O-]. The fraction of sp³-hybridized carbons (Fsp3) is 0.364. The van der Waals surface area contributed by atoms with Gasteiger partial charge in [0.1, 0.15) is 5.69 Å². The molecule has 2 N–H and O–H groups in total. The quantitative estimate of drug-likeness (QED) is 0.609. The highest BCUT2D eigenvalue weighted by atomic mass is 32.2. The third-order valence-electron chi connectivity index (χ3n) is 2.42. The van der Waals surface area contributed by atoms with E-state index in [1.807, 2.05) is 13.2 Å². The van der Waals surface area contributed by atoms with Gasteiger partial charge in [0.05, 0.1) is 10.5 Å². The minimum Gasteiger partial charge on any atom is -0.478 e. The van der Waals surface area contributed by atoms with E-state index in [-0.39, 0.29) is 11.3 Å². The third-order valence-corrected chi connectivity index (χ3v) is 3.40. The number of aromatic carboxylic acids is 1. The molecular weight excluding hydrogens is 256 g/mol. The molecule has 1 unspecified atom stereocenters. The zero-order valence-corrected chi connectivity index (χ0v) is 10.9. The van der Waals surface area contributed by atoms with Gasteiger partial charge in [0.15, 0.2) is 0 Å². The zero-order valence-electron chi connectivity index (χ0n) is 10.0. The lowest BCUT2D eigenvalue weighted by Gasteiger charge is -2.11. The van der Waals surface area contributed by atoms with Crippen molar-refractivity contribution in [3.05, 3.63) is 33.9 Å². The maximum atomic E-state index is 10.9. The lowest BCUT2D eigenvalue weighted by atomic mass is 10.1. The Kier molecular flexibility index (Phi) is 4.96. The van der Waals surface area contributed by atoms with Crippen LogP contribution in [0.5, 0.6) is 0 Å². The van der Waals surface area contributed by atoms with Crippen LogP contribution in [-0.4, -0.2) is 34.0 Å². The van der Waals surface area contributed by atoms with Gasteiger partial charge in [0.2, 0.25) is 0 Å². The van der Waals surface area contributed by atoms with Gasteiger partial charge in [-0.25, -0.2) is 4.79 Å². The Balaban J connectivity index is 2.97. The van der Waals surface area contributed by atoms with Crippen molar-refractivity contribution < 1.29 is 14.8 Å². The molecule has 0 spiro atoms. The molecule has 6 nitrogen and oxygen atoms in total. The Morgan fingerprint density at radius 2 is 2.28 bits per heavy atom. The summed E-state index contributed by atoms with van der Waals surface area (Å²) < 4.78 is 0. The van der Waals surface area contributed by atoms with Gasteiger partial charge in [0, 0.05) is 17.9 Å². The van der Waals surface area contributed by atoms with Crippen LogP contribution >= 0.6 is 11.8 Å². The number of anilines is 1. The third kappa shape index (κ3) is 3.63. The summed E-state index contributed by atoms with van der Waals surface area (Å²) in [5, 5.41) is 22.9. The van der Waals surface area contributed by atoms with Crippen molar-refractivity contribution in [2.75, 3.05) is 18.1 Å². The smallest absolute Gasteiger partial charge is 0.335 e. The van der Waals surface area contributed by atoms with Crippen LogP contribution in [0.3, 0.4) is 0 Å². The van der Waals surface area contributed by atoms with E-state index in [0.717, 1.165) is 6.07 Å². The summed E-state index contributed by atoms with van der Waals surface area (Å²) in [4.78, 5) is 21.0. The number of benzene rings is 1. The minimum absolute atomic E-state index is 0.0924. The fourth-order valence-corrected chi connectivity index (χ4v) is 1.55. The standard InChI is InChI=1S/C11H14N2O4S/c1-7(18-2)6-12-9-4-3-8(11(14)15)5-10(9)13(16)17/h3-5,7,12H,6H2,1-2H3,(H,14,15). The molecule has 0 fully saturated rings. The number of rotatable bonds is 6. The number of nitro benzene ring substituents is 1. The topological polar surface area (TPSA) is 92.5 Å². The van der Waals surface area contributed by atoms with Crippen LogP contribution in [0.15, 0.2) is 18.2 Å². The van der Waals surface area contributed by atoms with Gasteiger partial charge < -0.3 is 10.4 Å². The predicted molar refractivity (Wildman–Crippen MR) is 71.5 cm³/mol. The van der Waals surface area contributed by atoms with Crippen LogP contribution in [0, 0.1) is 10.1 Å². The first-order valence-corrected chi connectivity index (χ1v) is 6.53. The van der Waals surface area contributed by atoms with Crippen LogP contribution in [0.1, 0.15) is 17.3 Å². The van der Waals surface area contributed by atoms with Gasteiger partial charge in [-0.05, 0) is 18.4 Å². The molecule has 0 radical (unpaired) electrons. The molecule has 18 heavy (non-hydrogen) atoms. The van der Waals surface area contributed by atoms with E-state index < -0.39 is 10.9 Å². The number of carbonyl (C=O) groups is 1. The first-order chi connectivity index (χ1) is 8.45. The van der Waals surface area contributed by atoms with Crippen molar-refractivity contribution in [1.82, 2.24) is 0 Å². The van der Waals surface area contributed by atoms with Crippen molar-refractivity contribution in [2.24, 2.45) is 0 Å². The van der Waals surface area contributed by atoms with Gasteiger partial charge in [-0.3, -0.25) is 10.1 Å². The van der Waals surface area contributed by atoms with Gasteiger partial charge >= 0.3 is 5.97 Å². The Morgan fingerprint density at radius 3 is 2.78 bits per heavy atom.